The summed E-state index contributed by atoms with van der Waals surface area (Å²) < 4.78 is 1.65. The molecular formula is C13H14ClN5O. The molecule has 1 amide bonds. The van der Waals surface area contributed by atoms with Crippen molar-refractivity contribution in [3.8, 4) is 11.4 Å². The molecule has 0 spiro atoms. The summed E-state index contributed by atoms with van der Waals surface area (Å²) >= 11 is 5.96. The first-order chi connectivity index (χ1) is 9.40. The number of nitrogens with two attached hydrogens (primary N) is 1. The van der Waals surface area contributed by atoms with Crippen LogP contribution in [0.15, 0.2) is 24.3 Å². The van der Waals surface area contributed by atoms with Gasteiger partial charge in [0.2, 0.25) is 0 Å². The average molecular weight is 292 g/mol. The number of benzene rings is 1. The Morgan fingerprint density at radius 2 is 2.20 bits per heavy atom. The van der Waals surface area contributed by atoms with E-state index in [9.17, 15) is 4.79 Å². The summed E-state index contributed by atoms with van der Waals surface area (Å²) in [6, 6.07) is 7.22. The standard InChI is InChI=1S/C13H14ClN5O/c1-7-10(12(20)18-13(15)16)19(2)11(17-7)8-4-3-5-9(14)6-8/h3-6H,1-2H3,(H4,15,16,18,20). The smallest absolute Gasteiger partial charge is 0.276 e. The van der Waals surface area contributed by atoms with Gasteiger partial charge in [0, 0.05) is 17.6 Å². The van der Waals surface area contributed by atoms with E-state index in [4.69, 9.17) is 22.7 Å². The van der Waals surface area contributed by atoms with Gasteiger partial charge in [0.15, 0.2) is 5.96 Å². The number of aromatic nitrogens is 2. The molecule has 0 aliphatic heterocycles. The maximum absolute atomic E-state index is 12.0. The lowest BCUT2D eigenvalue weighted by Crippen LogP contribution is -2.36. The minimum Gasteiger partial charge on any atom is -0.370 e. The highest BCUT2D eigenvalue weighted by atomic mass is 35.5. The topological polar surface area (TPSA) is 96.8 Å². The van der Waals surface area contributed by atoms with Gasteiger partial charge in [0.25, 0.3) is 5.91 Å². The molecule has 7 heteroatoms. The van der Waals surface area contributed by atoms with Crippen LogP contribution in [0.2, 0.25) is 5.02 Å². The maximum atomic E-state index is 12.0. The minimum absolute atomic E-state index is 0.357. The number of carbonyl (C=O) groups excluding carboxylic acids is 1. The summed E-state index contributed by atoms with van der Waals surface area (Å²) in [6.07, 6.45) is 0. The van der Waals surface area contributed by atoms with Crippen LogP contribution in [0.5, 0.6) is 0 Å². The highest BCUT2D eigenvalue weighted by Gasteiger charge is 2.19. The molecule has 1 heterocycles. The zero-order valence-electron chi connectivity index (χ0n) is 11.1. The average Bonchev–Trinajstić information content (AvgIpc) is 2.64. The highest BCUT2D eigenvalue weighted by Crippen LogP contribution is 2.23. The Morgan fingerprint density at radius 3 is 2.80 bits per heavy atom. The van der Waals surface area contributed by atoms with Crippen LogP contribution >= 0.6 is 11.6 Å². The molecular weight excluding hydrogens is 278 g/mol. The summed E-state index contributed by atoms with van der Waals surface area (Å²) in [7, 11) is 1.73. The van der Waals surface area contributed by atoms with Gasteiger partial charge in [0.1, 0.15) is 11.5 Å². The number of amides is 1. The Morgan fingerprint density at radius 1 is 1.50 bits per heavy atom. The van der Waals surface area contributed by atoms with Crippen molar-refractivity contribution in [2.24, 2.45) is 12.8 Å². The fourth-order valence-corrected chi connectivity index (χ4v) is 2.21. The summed E-state index contributed by atoms with van der Waals surface area (Å²) in [5.41, 5.74) is 6.90. The second kappa shape index (κ2) is 5.34. The first-order valence-electron chi connectivity index (χ1n) is 5.84. The molecule has 1 aromatic carbocycles. The van der Waals surface area contributed by atoms with Crippen molar-refractivity contribution in [1.29, 1.82) is 5.41 Å². The van der Waals surface area contributed by atoms with Gasteiger partial charge in [0.05, 0.1) is 5.69 Å². The van der Waals surface area contributed by atoms with Crippen LogP contribution < -0.4 is 11.1 Å². The number of imidazole rings is 1. The monoisotopic (exact) mass is 291 g/mol. The normalized spacial score (nSPS) is 10.3. The highest BCUT2D eigenvalue weighted by molar-refractivity contribution is 6.30. The second-order valence-corrected chi connectivity index (χ2v) is 4.74. The molecule has 0 radical (unpaired) electrons. The van der Waals surface area contributed by atoms with E-state index in [0.29, 0.717) is 22.2 Å². The SMILES string of the molecule is Cc1nc(-c2cccc(Cl)c2)n(C)c1C(=O)NC(=N)N. The van der Waals surface area contributed by atoms with E-state index in [0.717, 1.165) is 5.56 Å². The van der Waals surface area contributed by atoms with Crippen LogP contribution in [0.1, 0.15) is 16.2 Å². The van der Waals surface area contributed by atoms with Crippen molar-refractivity contribution in [2.75, 3.05) is 0 Å². The number of hydrogen-bond donors (Lipinski definition) is 3. The Balaban J connectivity index is 2.49. The van der Waals surface area contributed by atoms with E-state index in [2.05, 4.69) is 10.3 Å². The number of halogens is 1. The molecule has 104 valence electrons. The van der Waals surface area contributed by atoms with E-state index in [1.807, 2.05) is 12.1 Å². The van der Waals surface area contributed by atoms with Crippen molar-refractivity contribution in [3.63, 3.8) is 0 Å². The molecule has 0 saturated heterocycles. The molecule has 1 aromatic heterocycles. The van der Waals surface area contributed by atoms with Gasteiger partial charge >= 0.3 is 0 Å². The van der Waals surface area contributed by atoms with Gasteiger partial charge in [-0.05, 0) is 19.1 Å². The zero-order valence-corrected chi connectivity index (χ0v) is 11.8. The van der Waals surface area contributed by atoms with E-state index >= 15 is 0 Å². The number of aryl methyl sites for hydroxylation is 1. The van der Waals surface area contributed by atoms with Crippen molar-refractivity contribution in [2.45, 2.75) is 6.92 Å². The van der Waals surface area contributed by atoms with E-state index < -0.39 is 11.9 Å². The molecule has 4 N–H and O–H groups in total. The molecule has 0 atom stereocenters. The predicted molar refractivity (Wildman–Crippen MR) is 77.8 cm³/mol. The van der Waals surface area contributed by atoms with Gasteiger partial charge in [-0.25, -0.2) is 4.98 Å². The Labute approximate surface area is 121 Å². The summed E-state index contributed by atoms with van der Waals surface area (Å²) in [6.45, 7) is 1.73. The molecule has 0 fully saturated rings. The Kier molecular flexibility index (Phi) is 3.76. The summed E-state index contributed by atoms with van der Waals surface area (Å²) in [5.74, 6) is -0.239. The minimum atomic E-state index is -0.460. The molecule has 2 aromatic rings. The van der Waals surface area contributed by atoms with Crippen LogP contribution in [0, 0.1) is 12.3 Å². The third-order valence-electron chi connectivity index (χ3n) is 2.82. The molecule has 0 unspecified atom stereocenters. The van der Waals surface area contributed by atoms with E-state index in [1.54, 1.807) is 30.7 Å². The lowest BCUT2D eigenvalue weighted by molar-refractivity contribution is 0.0968. The van der Waals surface area contributed by atoms with Gasteiger partial charge < -0.3 is 10.3 Å². The van der Waals surface area contributed by atoms with Gasteiger partial charge in [-0.15, -0.1) is 0 Å². The van der Waals surface area contributed by atoms with Gasteiger partial charge in [-0.3, -0.25) is 15.5 Å². The van der Waals surface area contributed by atoms with Gasteiger partial charge in [-0.2, -0.15) is 0 Å². The van der Waals surface area contributed by atoms with Crippen molar-refractivity contribution in [3.05, 3.63) is 40.7 Å². The van der Waals surface area contributed by atoms with Gasteiger partial charge in [-0.1, -0.05) is 23.7 Å². The number of hydrogen-bond acceptors (Lipinski definition) is 3. The number of carbonyl (C=O) groups is 1. The zero-order chi connectivity index (χ0) is 14.9. The Bertz CT molecular complexity index is 692. The number of rotatable bonds is 2. The van der Waals surface area contributed by atoms with Crippen LogP contribution in [0.3, 0.4) is 0 Å². The van der Waals surface area contributed by atoms with Crippen LogP contribution in [0.25, 0.3) is 11.4 Å². The first-order valence-corrected chi connectivity index (χ1v) is 6.22. The molecule has 0 bridgehead atoms. The van der Waals surface area contributed by atoms with E-state index in [1.165, 1.54) is 0 Å². The molecule has 0 aliphatic carbocycles. The third-order valence-corrected chi connectivity index (χ3v) is 3.05. The van der Waals surface area contributed by atoms with Crippen LogP contribution in [-0.4, -0.2) is 21.4 Å². The first kappa shape index (κ1) is 14.1. The quantitative estimate of drug-likeness (QED) is 0.580. The lowest BCUT2D eigenvalue weighted by atomic mass is 10.2. The van der Waals surface area contributed by atoms with E-state index in [-0.39, 0.29) is 0 Å². The maximum Gasteiger partial charge on any atom is 0.276 e. The fraction of sp³-hybridized carbons (Fsp3) is 0.154. The number of nitrogens with zero attached hydrogens (tertiary/aromatic N) is 2. The van der Waals surface area contributed by atoms with Crippen molar-refractivity contribution < 1.29 is 4.79 Å². The largest absolute Gasteiger partial charge is 0.370 e. The number of nitrogens with one attached hydrogen (secondary N) is 2. The molecule has 0 aliphatic rings. The predicted octanol–water partition coefficient (Wildman–Crippen LogP) is 1.67. The fourth-order valence-electron chi connectivity index (χ4n) is 2.02. The summed E-state index contributed by atoms with van der Waals surface area (Å²) in [4.78, 5) is 16.4. The van der Waals surface area contributed by atoms with Crippen molar-refractivity contribution in [1.82, 2.24) is 14.9 Å². The van der Waals surface area contributed by atoms with Crippen molar-refractivity contribution >= 4 is 23.5 Å². The van der Waals surface area contributed by atoms with Crippen LogP contribution in [0.4, 0.5) is 0 Å². The lowest BCUT2D eigenvalue weighted by Gasteiger charge is -2.07. The molecule has 2 rings (SSSR count). The number of guanidine groups is 1. The summed E-state index contributed by atoms with van der Waals surface area (Å²) in [5, 5.41) is 9.96. The third kappa shape index (κ3) is 2.65. The van der Waals surface area contributed by atoms with Crippen LogP contribution in [-0.2, 0) is 7.05 Å². The molecule has 20 heavy (non-hydrogen) atoms. The molecule has 6 nitrogen and oxygen atoms in total. The second-order valence-electron chi connectivity index (χ2n) is 4.31. The molecule has 0 saturated carbocycles. The Hall–Kier alpha value is -2.34.